The minimum absolute atomic E-state index is 0.0391. The van der Waals surface area contributed by atoms with Gasteiger partial charge < -0.3 is 10.2 Å². The molecule has 0 unspecified atom stereocenters. The van der Waals surface area contributed by atoms with Crippen molar-refractivity contribution >= 4 is 11.8 Å². The SMILES string of the molecule is CNC(=O)CN1CCN(C(=O)CN2CCC(C)CC2)CC1. The highest BCUT2D eigenvalue weighted by Gasteiger charge is 2.24. The molecule has 21 heavy (non-hydrogen) atoms. The number of piperidine rings is 1. The van der Waals surface area contributed by atoms with Crippen LogP contribution in [-0.4, -0.2) is 85.9 Å². The van der Waals surface area contributed by atoms with Gasteiger partial charge >= 0.3 is 0 Å². The molecule has 120 valence electrons. The van der Waals surface area contributed by atoms with Crippen molar-refractivity contribution in [2.45, 2.75) is 19.8 Å². The molecule has 2 rings (SSSR count). The van der Waals surface area contributed by atoms with Gasteiger partial charge in [0.1, 0.15) is 0 Å². The van der Waals surface area contributed by atoms with Crippen LogP contribution in [-0.2, 0) is 9.59 Å². The largest absolute Gasteiger partial charge is 0.358 e. The van der Waals surface area contributed by atoms with Gasteiger partial charge in [0.2, 0.25) is 11.8 Å². The molecule has 2 heterocycles. The van der Waals surface area contributed by atoms with E-state index in [1.807, 2.05) is 4.90 Å². The topological polar surface area (TPSA) is 55.9 Å². The van der Waals surface area contributed by atoms with Gasteiger partial charge in [-0.3, -0.25) is 19.4 Å². The van der Waals surface area contributed by atoms with Crippen LogP contribution < -0.4 is 5.32 Å². The van der Waals surface area contributed by atoms with Crippen LogP contribution in [0, 0.1) is 5.92 Å². The molecule has 0 radical (unpaired) electrons. The summed E-state index contributed by atoms with van der Waals surface area (Å²) in [6.07, 6.45) is 2.40. The maximum Gasteiger partial charge on any atom is 0.236 e. The number of rotatable bonds is 4. The summed E-state index contributed by atoms with van der Waals surface area (Å²) in [7, 11) is 1.65. The van der Waals surface area contributed by atoms with Gasteiger partial charge in [0, 0.05) is 33.2 Å². The number of hydrogen-bond donors (Lipinski definition) is 1. The number of carbonyl (C=O) groups excluding carboxylic acids is 2. The molecule has 0 bridgehead atoms. The molecule has 0 aromatic rings. The second-order valence-electron chi connectivity index (χ2n) is 6.29. The molecule has 6 nitrogen and oxygen atoms in total. The Labute approximate surface area is 127 Å². The molecule has 1 N–H and O–H groups in total. The Kier molecular flexibility index (Phi) is 5.99. The van der Waals surface area contributed by atoms with Gasteiger partial charge in [0.25, 0.3) is 0 Å². The predicted octanol–water partition coefficient (Wildman–Crippen LogP) is -0.391. The number of piperazine rings is 1. The first-order valence-electron chi connectivity index (χ1n) is 8.01. The summed E-state index contributed by atoms with van der Waals surface area (Å²) in [6.45, 7) is 8.41. The fraction of sp³-hybridized carbons (Fsp3) is 0.867. The van der Waals surface area contributed by atoms with Crippen molar-refractivity contribution in [3.63, 3.8) is 0 Å². The Morgan fingerprint density at radius 1 is 0.952 bits per heavy atom. The number of likely N-dealkylation sites (tertiary alicyclic amines) is 1. The zero-order valence-corrected chi connectivity index (χ0v) is 13.3. The lowest BCUT2D eigenvalue weighted by Gasteiger charge is -2.36. The summed E-state index contributed by atoms with van der Waals surface area (Å²) in [5.41, 5.74) is 0. The number of likely N-dealkylation sites (N-methyl/N-ethyl adjacent to an activating group) is 1. The lowest BCUT2D eigenvalue weighted by molar-refractivity contribution is -0.134. The zero-order chi connectivity index (χ0) is 15.2. The highest BCUT2D eigenvalue weighted by atomic mass is 16.2. The van der Waals surface area contributed by atoms with Crippen LogP contribution in [0.15, 0.2) is 0 Å². The van der Waals surface area contributed by atoms with Crippen molar-refractivity contribution in [2.24, 2.45) is 5.92 Å². The van der Waals surface area contributed by atoms with Gasteiger partial charge in [-0.1, -0.05) is 6.92 Å². The first kappa shape index (κ1) is 16.2. The molecule has 2 aliphatic rings. The van der Waals surface area contributed by atoms with E-state index in [-0.39, 0.29) is 11.8 Å². The van der Waals surface area contributed by atoms with E-state index in [1.165, 1.54) is 12.8 Å². The van der Waals surface area contributed by atoms with Crippen LogP contribution in [0.2, 0.25) is 0 Å². The number of carbonyl (C=O) groups is 2. The number of hydrogen-bond acceptors (Lipinski definition) is 4. The molecule has 0 atom stereocenters. The van der Waals surface area contributed by atoms with Gasteiger partial charge in [0.15, 0.2) is 0 Å². The lowest BCUT2D eigenvalue weighted by atomic mass is 9.99. The van der Waals surface area contributed by atoms with Crippen LogP contribution in [0.1, 0.15) is 19.8 Å². The minimum atomic E-state index is 0.0391. The standard InChI is InChI=1S/C15H28N4O2/c1-13-3-5-17(6-4-13)12-15(21)19-9-7-18(8-10-19)11-14(20)16-2/h13H,3-12H2,1-2H3,(H,16,20). The van der Waals surface area contributed by atoms with E-state index >= 15 is 0 Å². The van der Waals surface area contributed by atoms with Crippen molar-refractivity contribution in [2.75, 3.05) is 59.4 Å². The monoisotopic (exact) mass is 296 g/mol. The highest BCUT2D eigenvalue weighted by molar-refractivity contribution is 5.79. The smallest absolute Gasteiger partial charge is 0.236 e. The van der Waals surface area contributed by atoms with Crippen molar-refractivity contribution in [1.29, 1.82) is 0 Å². The Morgan fingerprint density at radius 3 is 2.10 bits per heavy atom. The molecule has 0 saturated carbocycles. The number of nitrogens with one attached hydrogen (secondary N) is 1. The first-order chi connectivity index (χ1) is 10.1. The molecule has 0 aromatic heterocycles. The molecule has 0 aliphatic carbocycles. The fourth-order valence-electron chi connectivity index (χ4n) is 2.95. The summed E-state index contributed by atoms with van der Waals surface area (Å²) in [6, 6.07) is 0. The molecule has 2 amide bonds. The minimum Gasteiger partial charge on any atom is -0.358 e. The number of nitrogens with zero attached hydrogens (tertiary/aromatic N) is 3. The molecular formula is C15H28N4O2. The van der Waals surface area contributed by atoms with Crippen LogP contribution >= 0.6 is 0 Å². The van der Waals surface area contributed by atoms with Crippen LogP contribution in [0.5, 0.6) is 0 Å². The fourth-order valence-corrected chi connectivity index (χ4v) is 2.95. The third-order valence-corrected chi connectivity index (χ3v) is 4.61. The zero-order valence-electron chi connectivity index (χ0n) is 13.3. The summed E-state index contributed by atoms with van der Waals surface area (Å²) < 4.78 is 0. The van der Waals surface area contributed by atoms with E-state index < -0.39 is 0 Å². The third-order valence-electron chi connectivity index (χ3n) is 4.61. The first-order valence-corrected chi connectivity index (χ1v) is 8.01. The van der Waals surface area contributed by atoms with Crippen LogP contribution in [0.4, 0.5) is 0 Å². The number of amides is 2. The van der Waals surface area contributed by atoms with Gasteiger partial charge in [-0.2, -0.15) is 0 Å². The summed E-state index contributed by atoms with van der Waals surface area (Å²) in [5.74, 6) is 1.07. The second kappa shape index (κ2) is 7.75. The van der Waals surface area contributed by atoms with E-state index in [4.69, 9.17) is 0 Å². The van der Waals surface area contributed by atoms with Gasteiger partial charge in [-0.25, -0.2) is 0 Å². The van der Waals surface area contributed by atoms with Crippen molar-refractivity contribution in [3.8, 4) is 0 Å². The Morgan fingerprint density at radius 2 is 1.52 bits per heavy atom. The van der Waals surface area contributed by atoms with Gasteiger partial charge in [-0.05, 0) is 31.8 Å². The van der Waals surface area contributed by atoms with E-state index in [2.05, 4.69) is 22.0 Å². The maximum atomic E-state index is 12.3. The van der Waals surface area contributed by atoms with Crippen LogP contribution in [0.3, 0.4) is 0 Å². The molecule has 0 spiro atoms. The van der Waals surface area contributed by atoms with E-state index in [9.17, 15) is 9.59 Å². The summed E-state index contributed by atoms with van der Waals surface area (Å²) >= 11 is 0. The molecular weight excluding hydrogens is 268 g/mol. The third kappa shape index (κ3) is 4.97. The van der Waals surface area contributed by atoms with E-state index in [0.717, 1.165) is 45.2 Å². The maximum absolute atomic E-state index is 12.3. The van der Waals surface area contributed by atoms with Crippen molar-refractivity contribution < 1.29 is 9.59 Å². The Hall–Kier alpha value is -1.14. The molecule has 2 fully saturated rings. The Bertz CT molecular complexity index is 359. The van der Waals surface area contributed by atoms with Gasteiger partial charge in [-0.15, -0.1) is 0 Å². The highest BCUT2D eigenvalue weighted by Crippen LogP contribution is 2.16. The molecule has 2 aliphatic heterocycles. The average Bonchev–Trinajstić information content (AvgIpc) is 2.50. The predicted molar refractivity (Wildman–Crippen MR) is 81.9 cm³/mol. The molecule has 2 saturated heterocycles. The van der Waals surface area contributed by atoms with Crippen molar-refractivity contribution in [1.82, 2.24) is 20.0 Å². The van der Waals surface area contributed by atoms with Gasteiger partial charge in [0.05, 0.1) is 13.1 Å². The second-order valence-corrected chi connectivity index (χ2v) is 6.29. The summed E-state index contributed by atoms with van der Waals surface area (Å²) in [5, 5.41) is 2.64. The van der Waals surface area contributed by atoms with Crippen molar-refractivity contribution in [3.05, 3.63) is 0 Å². The summed E-state index contributed by atoms with van der Waals surface area (Å²) in [4.78, 5) is 30.0. The molecule has 6 heteroatoms. The normalized spacial score (nSPS) is 22.3. The van der Waals surface area contributed by atoms with E-state index in [0.29, 0.717) is 13.1 Å². The lowest BCUT2D eigenvalue weighted by Crippen LogP contribution is -2.53. The Balaban J connectivity index is 1.69. The quantitative estimate of drug-likeness (QED) is 0.768. The van der Waals surface area contributed by atoms with E-state index in [1.54, 1.807) is 7.05 Å². The molecule has 0 aromatic carbocycles. The van der Waals surface area contributed by atoms with Crippen LogP contribution in [0.25, 0.3) is 0 Å². The average molecular weight is 296 g/mol.